The number of nitrogens with two attached hydrogens (primary N) is 1. The monoisotopic (exact) mass is 586 g/mol. The predicted molar refractivity (Wildman–Crippen MR) is 143 cm³/mol. The molecule has 2 aromatic carbocycles. The molecule has 2 aliphatic rings. The number of primary amides is 1. The smallest absolute Gasteiger partial charge is 0.416 e. The molecule has 220 valence electrons. The van der Waals surface area contributed by atoms with Gasteiger partial charge in [-0.05, 0) is 49.4 Å². The van der Waals surface area contributed by atoms with Crippen molar-refractivity contribution < 1.29 is 36.7 Å². The predicted octanol–water partition coefficient (Wildman–Crippen LogP) is 3.71. The maximum Gasteiger partial charge on any atom is 0.416 e. The molecule has 5 rings (SSSR count). The number of aromatic nitrogens is 2. The number of nitrogens with zero attached hydrogens (tertiary/aromatic N) is 5. The van der Waals surface area contributed by atoms with E-state index in [9.17, 15) is 27.6 Å². The zero-order valence-electron chi connectivity index (χ0n) is 22.3. The van der Waals surface area contributed by atoms with E-state index in [1.165, 1.54) is 41.6 Å². The number of piperazine rings is 1. The first-order valence-electron chi connectivity index (χ1n) is 13.0. The lowest BCUT2D eigenvalue weighted by Crippen LogP contribution is -2.49. The Morgan fingerprint density at radius 3 is 2.24 bits per heavy atom. The highest BCUT2D eigenvalue weighted by molar-refractivity contribution is 5.94. The van der Waals surface area contributed by atoms with Crippen LogP contribution in [0.5, 0.6) is 0 Å². The molecule has 3 heterocycles. The molecule has 2 fully saturated rings. The summed E-state index contributed by atoms with van der Waals surface area (Å²) < 4.78 is 58.7. The van der Waals surface area contributed by atoms with E-state index in [-0.39, 0.29) is 29.3 Å². The zero-order chi connectivity index (χ0) is 30.2. The summed E-state index contributed by atoms with van der Waals surface area (Å²) in [5.41, 5.74) is 5.54. The molecule has 0 saturated carbocycles. The Kier molecular flexibility index (Phi) is 7.71. The van der Waals surface area contributed by atoms with Gasteiger partial charge in [-0.15, -0.1) is 0 Å². The van der Waals surface area contributed by atoms with Crippen LogP contribution >= 0.6 is 0 Å². The molecule has 3 aromatic rings. The lowest BCUT2D eigenvalue weighted by molar-refractivity contribution is -0.137. The van der Waals surface area contributed by atoms with Gasteiger partial charge < -0.3 is 20.3 Å². The molecule has 0 radical (unpaired) electrons. The zero-order valence-corrected chi connectivity index (χ0v) is 22.3. The molecule has 2 N–H and O–H groups in total. The van der Waals surface area contributed by atoms with E-state index >= 15 is 4.39 Å². The second-order valence-electron chi connectivity index (χ2n) is 10.0. The molecular weight excluding hydrogens is 560 g/mol. The van der Waals surface area contributed by atoms with E-state index in [1.54, 1.807) is 17.9 Å². The number of hydrogen-bond acceptors (Lipinski definition) is 7. The highest BCUT2D eigenvalue weighted by Crippen LogP contribution is 2.31. The van der Waals surface area contributed by atoms with Crippen molar-refractivity contribution in [3.05, 3.63) is 71.8 Å². The number of anilines is 2. The van der Waals surface area contributed by atoms with Crippen LogP contribution in [0.3, 0.4) is 0 Å². The van der Waals surface area contributed by atoms with Crippen LogP contribution in [0.25, 0.3) is 11.1 Å². The van der Waals surface area contributed by atoms with Gasteiger partial charge in [0, 0.05) is 55.3 Å². The number of halogens is 4. The van der Waals surface area contributed by atoms with Crippen molar-refractivity contribution in [2.75, 3.05) is 42.5 Å². The molecule has 2 aliphatic heterocycles. The normalized spacial score (nSPS) is 18.2. The number of carbonyl (C=O) groups is 3. The molecule has 3 amide bonds. The average Bonchev–Trinajstić information content (AvgIpc) is 3.37. The molecular formula is C28H26F4N6O4. The number of rotatable bonds is 6. The number of ether oxygens (including phenoxy) is 1. The Hall–Kier alpha value is -4.75. The van der Waals surface area contributed by atoms with Gasteiger partial charge in [0.05, 0.1) is 23.7 Å². The fourth-order valence-electron chi connectivity index (χ4n) is 4.76. The Labute approximate surface area is 237 Å². The lowest BCUT2D eigenvalue weighted by Gasteiger charge is -2.34. The summed E-state index contributed by atoms with van der Waals surface area (Å²) in [6, 6.07) is 8.35. The molecule has 1 aromatic heterocycles. The molecule has 0 bridgehead atoms. The highest BCUT2D eigenvalue weighted by Gasteiger charge is 2.38. The summed E-state index contributed by atoms with van der Waals surface area (Å²) in [5.74, 6) is -1.89. The second-order valence-corrected chi connectivity index (χ2v) is 10.0. The van der Waals surface area contributed by atoms with Gasteiger partial charge in [-0.25, -0.2) is 19.2 Å². The number of amides is 3. The minimum atomic E-state index is -4.47. The van der Waals surface area contributed by atoms with Gasteiger partial charge in [0.15, 0.2) is 0 Å². The van der Waals surface area contributed by atoms with Crippen molar-refractivity contribution in [2.24, 2.45) is 11.7 Å². The third-order valence-electron chi connectivity index (χ3n) is 7.36. The van der Waals surface area contributed by atoms with Gasteiger partial charge in [-0.3, -0.25) is 14.5 Å². The molecule has 42 heavy (non-hydrogen) atoms. The first-order valence-corrected chi connectivity index (χ1v) is 13.0. The van der Waals surface area contributed by atoms with Gasteiger partial charge in [0.25, 0.3) is 5.91 Å². The average molecular weight is 587 g/mol. The van der Waals surface area contributed by atoms with Gasteiger partial charge in [0.2, 0.25) is 11.9 Å². The summed E-state index contributed by atoms with van der Waals surface area (Å²) in [4.78, 5) is 49.8. The van der Waals surface area contributed by atoms with Crippen LogP contribution < -0.4 is 15.5 Å². The van der Waals surface area contributed by atoms with Crippen LogP contribution in [-0.4, -0.2) is 71.6 Å². The third kappa shape index (κ3) is 5.83. The van der Waals surface area contributed by atoms with E-state index in [4.69, 9.17) is 10.5 Å². The van der Waals surface area contributed by atoms with Gasteiger partial charge in [0.1, 0.15) is 11.9 Å². The Morgan fingerprint density at radius 1 is 1.02 bits per heavy atom. The quantitative estimate of drug-likeness (QED) is 0.437. The summed E-state index contributed by atoms with van der Waals surface area (Å²) in [5, 5.41) is 0. The minimum absolute atomic E-state index is 0.0583. The molecule has 0 aliphatic carbocycles. The van der Waals surface area contributed by atoms with Crippen molar-refractivity contribution >= 4 is 29.5 Å². The molecule has 2 atom stereocenters. The van der Waals surface area contributed by atoms with Crippen molar-refractivity contribution in [1.29, 1.82) is 0 Å². The molecule has 1 unspecified atom stereocenters. The van der Waals surface area contributed by atoms with Gasteiger partial charge >= 0.3 is 12.3 Å². The first kappa shape index (κ1) is 28.8. The van der Waals surface area contributed by atoms with Crippen LogP contribution in [0.1, 0.15) is 22.8 Å². The van der Waals surface area contributed by atoms with Gasteiger partial charge in [-0.1, -0.05) is 0 Å². The summed E-state index contributed by atoms with van der Waals surface area (Å²) >= 11 is 0. The lowest BCUT2D eigenvalue weighted by atomic mass is 10.0. The molecule has 2 saturated heterocycles. The van der Waals surface area contributed by atoms with Crippen molar-refractivity contribution in [2.45, 2.75) is 19.2 Å². The van der Waals surface area contributed by atoms with Crippen molar-refractivity contribution in [3.63, 3.8) is 0 Å². The molecule has 10 nitrogen and oxygen atoms in total. The van der Waals surface area contributed by atoms with Crippen LogP contribution in [-0.2, 0) is 15.7 Å². The first-order chi connectivity index (χ1) is 19.9. The fourth-order valence-corrected chi connectivity index (χ4v) is 4.76. The number of carbonyl (C=O) groups excluding carboxylic acids is 3. The van der Waals surface area contributed by atoms with E-state index in [2.05, 4.69) is 9.97 Å². The fraction of sp³-hybridized carbons (Fsp3) is 0.321. The van der Waals surface area contributed by atoms with E-state index in [0.29, 0.717) is 37.7 Å². The largest absolute Gasteiger partial charge is 0.443 e. The SMILES string of the molecule is C[C@H](C(N)=O)C1CN(c2ccc(-c3cnc(N4CCN(C(=O)c5ccc(C(F)(F)F)cc5)CC4)nc3)c(F)c2)C(=O)O1. The summed E-state index contributed by atoms with van der Waals surface area (Å²) in [7, 11) is 0. The highest BCUT2D eigenvalue weighted by atomic mass is 19.4. The minimum Gasteiger partial charge on any atom is -0.443 e. The van der Waals surface area contributed by atoms with E-state index < -0.39 is 41.6 Å². The number of cyclic esters (lactones) is 1. The third-order valence-corrected chi connectivity index (χ3v) is 7.36. The maximum absolute atomic E-state index is 15.1. The summed E-state index contributed by atoms with van der Waals surface area (Å²) in [6.45, 7) is 3.05. The number of alkyl halides is 3. The molecule has 0 spiro atoms. The standard InChI is InChI=1S/C28H26F4N6O4/c1-16(24(33)39)23-15-38(27(41)42-23)20-6-7-21(22(29)12-20)18-13-34-26(35-14-18)37-10-8-36(9-11-37)25(40)17-2-4-19(5-3-17)28(30,31)32/h2-7,12-14,16,23H,8-11,15H2,1H3,(H2,33,39)/t16-,23?/m0/s1. The summed E-state index contributed by atoms with van der Waals surface area (Å²) in [6.07, 6.45) is -2.97. The molecule has 14 heteroatoms. The van der Waals surface area contributed by atoms with Crippen molar-refractivity contribution in [3.8, 4) is 11.1 Å². The van der Waals surface area contributed by atoms with E-state index in [1.807, 2.05) is 4.90 Å². The number of hydrogen-bond donors (Lipinski definition) is 1. The topological polar surface area (TPSA) is 122 Å². The van der Waals surface area contributed by atoms with Crippen LogP contribution in [0.15, 0.2) is 54.9 Å². The van der Waals surface area contributed by atoms with E-state index in [0.717, 1.165) is 12.1 Å². The van der Waals surface area contributed by atoms with Gasteiger partial charge in [-0.2, -0.15) is 13.2 Å². The van der Waals surface area contributed by atoms with Crippen LogP contribution in [0, 0.1) is 11.7 Å². The Morgan fingerprint density at radius 2 is 1.67 bits per heavy atom. The van der Waals surface area contributed by atoms with Crippen molar-refractivity contribution in [1.82, 2.24) is 14.9 Å². The van der Waals surface area contributed by atoms with Crippen LogP contribution in [0.2, 0.25) is 0 Å². The number of benzene rings is 2. The second kappa shape index (κ2) is 11.3. The Bertz CT molecular complexity index is 1490. The maximum atomic E-state index is 15.1. The van der Waals surface area contributed by atoms with Crippen LogP contribution in [0.4, 0.5) is 34.0 Å². The Balaban J connectivity index is 1.20.